The van der Waals surface area contributed by atoms with Gasteiger partial charge in [0.25, 0.3) is 0 Å². The van der Waals surface area contributed by atoms with Crippen molar-refractivity contribution in [2.75, 3.05) is 4.90 Å². The van der Waals surface area contributed by atoms with E-state index in [1.54, 1.807) is 5.56 Å². The third kappa shape index (κ3) is 5.41. The Hall–Kier alpha value is -4.88. The number of rotatable bonds is 7. The maximum Gasteiger partial charge on any atom is 0.0543 e. The average molecular weight is 690 g/mol. The molecular formula is C52H51N. The molecule has 0 aromatic heterocycles. The van der Waals surface area contributed by atoms with Gasteiger partial charge in [-0.15, -0.1) is 0 Å². The van der Waals surface area contributed by atoms with E-state index in [-0.39, 0.29) is 5.41 Å². The summed E-state index contributed by atoms with van der Waals surface area (Å²) < 4.78 is 0. The van der Waals surface area contributed by atoms with Gasteiger partial charge in [-0.1, -0.05) is 142 Å². The highest BCUT2D eigenvalue weighted by Gasteiger charge is 2.46. The number of fused-ring (bicyclic) bond motifs is 5. The van der Waals surface area contributed by atoms with Gasteiger partial charge in [0, 0.05) is 22.4 Å². The zero-order valence-electron chi connectivity index (χ0n) is 31.5. The Morgan fingerprint density at radius 1 is 0.528 bits per heavy atom. The summed E-state index contributed by atoms with van der Waals surface area (Å²) in [7, 11) is 0. The Morgan fingerprint density at radius 3 is 1.83 bits per heavy atom. The van der Waals surface area contributed by atoms with E-state index in [9.17, 15) is 0 Å². The smallest absolute Gasteiger partial charge is 0.0543 e. The second-order valence-electron chi connectivity index (χ2n) is 17.2. The molecule has 0 N–H and O–H groups in total. The average Bonchev–Trinajstić information content (AvgIpc) is 3.91. The summed E-state index contributed by atoms with van der Waals surface area (Å²) in [6.07, 6.45) is 13.6. The van der Waals surface area contributed by atoms with Crippen LogP contribution < -0.4 is 4.90 Å². The van der Waals surface area contributed by atoms with Crippen LogP contribution in [0.15, 0.2) is 140 Å². The molecule has 4 aliphatic rings. The summed E-state index contributed by atoms with van der Waals surface area (Å²) in [5, 5.41) is 0. The van der Waals surface area contributed by atoms with E-state index in [2.05, 4.69) is 158 Å². The van der Waals surface area contributed by atoms with E-state index in [4.69, 9.17) is 0 Å². The third-order valence-corrected chi connectivity index (χ3v) is 13.9. The Balaban J connectivity index is 1.21. The lowest BCUT2D eigenvalue weighted by Crippen LogP contribution is -2.20. The molecule has 0 atom stereocenters. The Kier molecular flexibility index (Phi) is 7.97. The quantitative estimate of drug-likeness (QED) is 0.161. The molecule has 6 aromatic rings. The fourth-order valence-electron chi connectivity index (χ4n) is 11.2. The first-order valence-electron chi connectivity index (χ1n) is 20.4. The molecule has 3 fully saturated rings. The minimum absolute atomic E-state index is 0.178. The second-order valence-corrected chi connectivity index (χ2v) is 17.2. The molecule has 0 radical (unpaired) electrons. The van der Waals surface area contributed by atoms with E-state index in [1.165, 1.54) is 131 Å². The van der Waals surface area contributed by atoms with Gasteiger partial charge in [0.2, 0.25) is 0 Å². The number of nitrogens with zero attached hydrogens (tertiary/aromatic N) is 1. The standard InChI is InChI=1S/C52H51N/c1-51(2)47-20-12-11-18-44(47)46-29-30-48(49(50(46)51)45-19-10-9-17-43(45)39-15-7-4-8-16-39)53(41-25-21-38(22-26-41)37-13-5-3-6-14-37)42-27-23-40(24-28-42)52-33-31-36(35-52)32-34-52/h4,7-12,15-30,36-37H,3,5-6,13-14,31-35H2,1-2H3. The maximum atomic E-state index is 2.58. The van der Waals surface area contributed by atoms with Gasteiger partial charge in [-0.2, -0.15) is 0 Å². The predicted molar refractivity (Wildman–Crippen MR) is 224 cm³/mol. The van der Waals surface area contributed by atoms with Crippen LogP contribution in [0, 0.1) is 5.92 Å². The molecule has 4 aliphatic carbocycles. The van der Waals surface area contributed by atoms with E-state index in [0.717, 1.165) is 5.92 Å². The Morgan fingerprint density at radius 2 is 1.15 bits per heavy atom. The molecule has 6 aromatic carbocycles. The summed E-state index contributed by atoms with van der Waals surface area (Å²) in [5.74, 6) is 1.61. The van der Waals surface area contributed by atoms with Gasteiger partial charge in [-0.3, -0.25) is 0 Å². The molecule has 0 amide bonds. The van der Waals surface area contributed by atoms with Gasteiger partial charge in [0.1, 0.15) is 0 Å². The molecular weight excluding hydrogens is 639 g/mol. The van der Waals surface area contributed by atoms with Gasteiger partial charge in [-0.05, 0) is 143 Å². The van der Waals surface area contributed by atoms with Crippen LogP contribution in [0.5, 0.6) is 0 Å². The molecule has 0 spiro atoms. The van der Waals surface area contributed by atoms with Crippen molar-refractivity contribution < 1.29 is 0 Å². The minimum Gasteiger partial charge on any atom is -0.310 e. The summed E-state index contributed by atoms with van der Waals surface area (Å²) in [5.41, 5.74) is 17.6. The molecule has 0 unspecified atom stereocenters. The van der Waals surface area contributed by atoms with Crippen molar-refractivity contribution in [1.29, 1.82) is 0 Å². The first-order valence-corrected chi connectivity index (χ1v) is 20.4. The van der Waals surface area contributed by atoms with E-state index in [0.29, 0.717) is 11.3 Å². The Labute approximate surface area is 316 Å². The summed E-state index contributed by atoms with van der Waals surface area (Å²) in [6.45, 7) is 4.87. The van der Waals surface area contributed by atoms with Crippen LogP contribution in [0.4, 0.5) is 17.1 Å². The topological polar surface area (TPSA) is 3.24 Å². The van der Waals surface area contributed by atoms with Gasteiger partial charge in [0.05, 0.1) is 5.69 Å². The van der Waals surface area contributed by atoms with Crippen molar-refractivity contribution in [2.45, 2.75) is 94.8 Å². The highest BCUT2D eigenvalue weighted by molar-refractivity contribution is 6.01. The van der Waals surface area contributed by atoms with E-state index in [1.807, 2.05) is 0 Å². The van der Waals surface area contributed by atoms with Crippen molar-refractivity contribution in [3.8, 4) is 33.4 Å². The lowest BCUT2D eigenvalue weighted by molar-refractivity contribution is 0.419. The van der Waals surface area contributed by atoms with E-state index >= 15 is 0 Å². The zero-order chi connectivity index (χ0) is 35.6. The van der Waals surface area contributed by atoms with Crippen LogP contribution in [0.1, 0.15) is 106 Å². The monoisotopic (exact) mass is 689 g/mol. The number of anilines is 3. The molecule has 3 saturated carbocycles. The summed E-state index contributed by atoms with van der Waals surface area (Å²) in [6, 6.07) is 53.6. The second kappa shape index (κ2) is 12.9. The molecule has 53 heavy (non-hydrogen) atoms. The molecule has 0 aliphatic heterocycles. The zero-order valence-corrected chi connectivity index (χ0v) is 31.5. The predicted octanol–water partition coefficient (Wildman–Crippen LogP) is 14.7. The van der Waals surface area contributed by atoms with Crippen molar-refractivity contribution in [3.05, 3.63) is 162 Å². The van der Waals surface area contributed by atoms with Crippen LogP contribution in [0.3, 0.4) is 0 Å². The molecule has 2 bridgehead atoms. The highest BCUT2D eigenvalue weighted by atomic mass is 15.1. The SMILES string of the molecule is CC1(C)c2ccccc2-c2ccc(N(c3ccc(C4CCCCC4)cc3)c3ccc(C45CCC(CC4)C5)cc3)c(-c3ccccc3-c3ccccc3)c21. The summed E-state index contributed by atoms with van der Waals surface area (Å²) in [4.78, 5) is 2.58. The van der Waals surface area contributed by atoms with Crippen molar-refractivity contribution in [3.63, 3.8) is 0 Å². The van der Waals surface area contributed by atoms with Gasteiger partial charge >= 0.3 is 0 Å². The van der Waals surface area contributed by atoms with Crippen LogP contribution >= 0.6 is 0 Å². The fourth-order valence-corrected chi connectivity index (χ4v) is 11.2. The van der Waals surface area contributed by atoms with Crippen molar-refractivity contribution in [1.82, 2.24) is 0 Å². The number of hydrogen-bond acceptors (Lipinski definition) is 1. The van der Waals surface area contributed by atoms with Gasteiger partial charge in [-0.25, -0.2) is 0 Å². The van der Waals surface area contributed by atoms with Gasteiger partial charge < -0.3 is 4.90 Å². The van der Waals surface area contributed by atoms with E-state index < -0.39 is 0 Å². The van der Waals surface area contributed by atoms with Crippen molar-refractivity contribution >= 4 is 17.1 Å². The minimum atomic E-state index is -0.178. The third-order valence-electron chi connectivity index (χ3n) is 13.9. The van der Waals surface area contributed by atoms with Crippen molar-refractivity contribution in [2.24, 2.45) is 5.92 Å². The maximum absolute atomic E-state index is 2.58. The normalized spacial score (nSPS) is 21.4. The first-order chi connectivity index (χ1) is 26.0. The highest BCUT2D eigenvalue weighted by Crippen LogP contribution is 2.58. The fraction of sp³-hybridized carbons (Fsp3) is 0.308. The van der Waals surface area contributed by atoms with Crippen LogP contribution in [0.25, 0.3) is 33.4 Å². The Bertz CT molecular complexity index is 2260. The molecule has 1 heteroatoms. The van der Waals surface area contributed by atoms with Crippen LogP contribution in [0.2, 0.25) is 0 Å². The summed E-state index contributed by atoms with van der Waals surface area (Å²) >= 11 is 0. The van der Waals surface area contributed by atoms with Crippen LogP contribution in [-0.2, 0) is 10.8 Å². The lowest BCUT2D eigenvalue weighted by Gasteiger charge is -2.33. The molecule has 0 heterocycles. The molecule has 10 rings (SSSR count). The number of benzene rings is 6. The van der Waals surface area contributed by atoms with Crippen LogP contribution in [-0.4, -0.2) is 0 Å². The molecule has 0 saturated heterocycles. The van der Waals surface area contributed by atoms with Gasteiger partial charge in [0.15, 0.2) is 0 Å². The first kappa shape index (κ1) is 32.7. The number of hydrogen-bond donors (Lipinski definition) is 0. The molecule has 264 valence electrons. The largest absolute Gasteiger partial charge is 0.310 e. The molecule has 1 nitrogen and oxygen atoms in total. The lowest BCUT2D eigenvalue weighted by atomic mass is 9.77.